The highest BCUT2D eigenvalue weighted by Crippen LogP contribution is 2.21. The molecule has 0 aromatic heterocycles. The van der Waals surface area contributed by atoms with Crippen LogP contribution in [0.4, 0.5) is 0 Å². The van der Waals surface area contributed by atoms with Gasteiger partial charge < -0.3 is 4.74 Å². The van der Waals surface area contributed by atoms with Crippen LogP contribution in [0.25, 0.3) is 0 Å². The van der Waals surface area contributed by atoms with Gasteiger partial charge in [-0.05, 0) is 24.3 Å². The molecule has 0 heterocycles. The van der Waals surface area contributed by atoms with Gasteiger partial charge in [-0.15, -0.1) is 6.58 Å². The van der Waals surface area contributed by atoms with Gasteiger partial charge in [0.15, 0.2) is 5.78 Å². The maximum Gasteiger partial charge on any atom is 0.343 e. The molecule has 3 heteroatoms. The summed E-state index contributed by atoms with van der Waals surface area (Å²) >= 11 is 0. The first-order valence-electron chi connectivity index (χ1n) is 6.22. The SMILES string of the molecule is C=CCC(=O)c1ccccc1OC(=O)c1ccccc1. The molecule has 0 saturated carbocycles. The van der Waals surface area contributed by atoms with Crippen molar-refractivity contribution < 1.29 is 14.3 Å². The Kier molecular flexibility index (Phi) is 4.45. The molecule has 2 aromatic carbocycles. The Morgan fingerprint density at radius 2 is 1.65 bits per heavy atom. The van der Waals surface area contributed by atoms with Crippen LogP contribution in [0, 0.1) is 0 Å². The molecule has 0 saturated heterocycles. The van der Waals surface area contributed by atoms with E-state index in [9.17, 15) is 9.59 Å². The summed E-state index contributed by atoms with van der Waals surface area (Å²) in [6.07, 6.45) is 1.73. The van der Waals surface area contributed by atoms with Crippen molar-refractivity contribution in [1.82, 2.24) is 0 Å². The molecule has 0 aliphatic carbocycles. The number of hydrogen-bond acceptors (Lipinski definition) is 3. The summed E-state index contributed by atoms with van der Waals surface area (Å²) in [6, 6.07) is 15.4. The molecule has 0 N–H and O–H groups in total. The zero-order chi connectivity index (χ0) is 14.4. The third-order valence-corrected chi connectivity index (χ3v) is 2.73. The van der Waals surface area contributed by atoms with Gasteiger partial charge in [-0.2, -0.15) is 0 Å². The number of ketones is 1. The molecular formula is C17H14O3. The van der Waals surface area contributed by atoms with Crippen LogP contribution >= 0.6 is 0 Å². The number of rotatable bonds is 5. The lowest BCUT2D eigenvalue weighted by Gasteiger charge is -2.08. The van der Waals surface area contributed by atoms with Crippen molar-refractivity contribution in [2.45, 2.75) is 6.42 Å². The Balaban J connectivity index is 2.24. The molecule has 0 spiro atoms. The summed E-state index contributed by atoms with van der Waals surface area (Å²) in [6.45, 7) is 3.54. The summed E-state index contributed by atoms with van der Waals surface area (Å²) in [4.78, 5) is 23.9. The third kappa shape index (κ3) is 3.20. The van der Waals surface area contributed by atoms with Crippen molar-refractivity contribution in [3.8, 4) is 5.75 Å². The number of carbonyl (C=O) groups is 2. The average Bonchev–Trinajstić information content (AvgIpc) is 2.49. The predicted molar refractivity (Wildman–Crippen MR) is 77.0 cm³/mol. The fraction of sp³-hybridized carbons (Fsp3) is 0.0588. The van der Waals surface area contributed by atoms with Gasteiger partial charge in [0.05, 0.1) is 11.1 Å². The van der Waals surface area contributed by atoms with Crippen molar-refractivity contribution in [2.75, 3.05) is 0 Å². The van der Waals surface area contributed by atoms with Crippen LogP contribution < -0.4 is 4.74 Å². The number of carbonyl (C=O) groups excluding carboxylic acids is 2. The average molecular weight is 266 g/mol. The zero-order valence-electron chi connectivity index (χ0n) is 10.9. The molecule has 3 nitrogen and oxygen atoms in total. The zero-order valence-corrected chi connectivity index (χ0v) is 10.9. The molecule has 100 valence electrons. The molecule has 0 atom stereocenters. The lowest BCUT2D eigenvalue weighted by molar-refractivity contribution is 0.0732. The normalized spacial score (nSPS) is 9.80. The van der Waals surface area contributed by atoms with E-state index < -0.39 is 5.97 Å². The molecule has 20 heavy (non-hydrogen) atoms. The fourth-order valence-electron chi connectivity index (χ4n) is 1.76. The number of Topliss-reactive ketones (excluding diaryl/α,β-unsaturated/α-hetero) is 1. The van der Waals surface area contributed by atoms with Crippen LogP contribution in [0.5, 0.6) is 5.75 Å². The molecule has 0 bridgehead atoms. The molecule has 0 amide bonds. The first-order chi connectivity index (χ1) is 9.72. The van der Waals surface area contributed by atoms with E-state index in [4.69, 9.17) is 4.74 Å². The van der Waals surface area contributed by atoms with Gasteiger partial charge in [0.2, 0.25) is 0 Å². The van der Waals surface area contributed by atoms with Gasteiger partial charge in [-0.25, -0.2) is 4.79 Å². The minimum absolute atomic E-state index is 0.128. The summed E-state index contributed by atoms with van der Waals surface area (Å²) in [5, 5.41) is 0. The van der Waals surface area contributed by atoms with E-state index in [1.54, 1.807) is 48.5 Å². The van der Waals surface area contributed by atoms with Gasteiger partial charge in [-0.3, -0.25) is 4.79 Å². The van der Waals surface area contributed by atoms with E-state index in [0.717, 1.165) is 0 Å². The van der Waals surface area contributed by atoms with E-state index in [-0.39, 0.29) is 18.0 Å². The van der Waals surface area contributed by atoms with Crippen LogP contribution in [0.2, 0.25) is 0 Å². The van der Waals surface area contributed by atoms with E-state index in [0.29, 0.717) is 11.1 Å². The summed E-state index contributed by atoms with van der Waals surface area (Å²) in [5.74, 6) is -0.339. The first-order valence-corrected chi connectivity index (χ1v) is 6.22. The van der Waals surface area contributed by atoms with Gasteiger partial charge in [0.25, 0.3) is 0 Å². The largest absolute Gasteiger partial charge is 0.422 e. The van der Waals surface area contributed by atoms with E-state index in [1.807, 2.05) is 6.07 Å². The van der Waals surface area contributed by atoms with E-state index in [1.165, 1.54) is 6.08 Å². The Hall–Kier alpha value is -2.68. The molecule has 0 aliphatic rings. The number of esters is 1. The lowest BCUT2D eigenvalue weighted by atomic mass is 10.1. The van der Waals surface area contributed by atoms with Crippen LogP contribution in [-0.4, -0.2) is 11.8 Å². The standard InChI is InChI=1S/C17H14O3/c1-2-8-15(18)14-11-6-7-12-16(14)20-17(19)13-9-4-3-5-10-13/h2-7,9-12H,1,8H2. The van der Waals surface area contributed by atoms with Crippen molar-refractivity contribution >= 4 is 11.8 Å². The number of para-hydroxylation sites is 1. The highest BCUT2D eigenvalue weighted by Gasteiger charge is 2.14. The smallest absolute Gasteiger partial charge is 0.343 e. The van der Waals surface area contributed by atoms with Crippen LogP contribution in [0.15, 0.2) is 67.3 Å². The Bertz CT molecular complexity index is 630. The molecule has 0 aliphatic heterocycles. The first kappa shape index (κ1) is 13.7. The lowest BCUT2D eigenvalue weighted by Crippen LogP contribution is -2.11. The Labute approximate surface area is 117 Å². The number of ether oxygens (including phenoxy) is 1. The molecule has 0 fully saturated rings. The monoisotopic (exact) mass is 266 g/mol. The third-order valence-electron chi connectivity index (χ3n) is 2.73. The maximum atomic E-state index is 12.0. The van der Waals surface area contributed by atoms with Gasteiger partial charge in [0.1, 0.15) is 5.75 Å². The van der Waals surface area contributed by atoms with Gasteiger partial charge in [0, 0.05) is 6.42 Å². The minimum atomic E-state index is -0.482. The second-order valence-electron chi connectivity index (χ2n) is 4.17. The second kappa shape index (κ2) is 6.48. The second-order valence-corrected chi connectivity index (χ2v) is 4.17. The predicted octanol–water partition coefficient (Wildman–Crippen LogP) is 3.66. The number of benzene rings is 2. The molecule has 2 aromatic rings. The van der Waals surface area contributed by atoms with E-state index in [2.05, 4.69) is 6.58 Å². The topological polar surface area (TPSA) is 43.4 Å². The molecular weight excluding hydrogens is 252 g/mol. The molecule has 0 radical (unpaired) electrons. The van der Waals surface area contributed by atoms with Crippen LogP contribution in [-0.2, 0) is 0 Å². The van der Waals surface area contributed by atoms with E-state index >= 15 is 0 Å². The summed E-state index contributed by atoms with van der Waals surface area (Å²) in [7, 11) is 0. The van der Waals surface area contributed by atoms with Crippen molar-refractivity contribution in [1.29, 1.82) is 0 Å². The summed E-state index contributed by atoms with van der Waals surface area (Å²) < 4.78 is 5.30. The Morgan fingerprint density at radius 3 is 2.35 bits per heavy atom. The quantitative estimate of drug-likeness (QED) is 0.359. The molecule has 0 unspecified atom stereocenters. The van der Waals surface area contributed by atoms with Crippen LogP contribution in [0.3, 0.4) is 0 Å². The number of allylic oxidation sites excluding steroid dienone is 1. The van der Waals surface area contributed by atoms with Crippen molar-refractivity contribution in [3.63, 3.8) is 0 Å². The highest BCUT2D eigenvalue weighted by atomic mass is 16.5. The minimum Gasteiger partial charge on any atom is -0.422 e. The van der Waals surface area contributed by atoms with Crippen molar-refractivity contribution in [2.24, 2.45) is 0 Å². The van der Waals surface area contributed by atoms with Gasteiger partial charge >= 0.3 is 5.97 Å². The number of hydrogen-bond donors (Lipinski definition) is 0. The Morgan fingerprint density at radius 1 is 1.00 bits per heavy atom. The highest BCUT2D eigenvalue weighted by molar-refractivity contribution is 6.01. The van der Waals surface area contributed by atoms with Crippen LogP contribution in [0.1, 0.15) is 27.1 Å². The summed E-state index contributed by atoms with van der Waals surface area (Å²) in [5.41, 5.74) is 0.829. The maximum absolute atomic E-state index is 12.0. The van der Waals surface area contributed by atoms with Crippen molar-refractivity contribution in [3.05, 3.63) is 78.4 Å². The van der Waals surface area contributed by atoms with Gasteiger partial charge in [-0.1, -0.05) is 36.4 Å². The fourth-order valence-corrected chi connectivity index (χ4v) is 1.76. The molecule has 2 rings (SSSR count).